The molecule has 7 nitrogen and oxygen atoms in total. The van der Waals surface area contributed by atoms with E-state index in [2.05, 4.69) is 5.32 Å². The molecule has 2 aromatic carbocycles. The number of nitrogens with zero attached hydrogens (tertiary/aromatic N) is 1. The van der Waals surface area contributed by atoms with E-state index in [9.17, 15) is 18.0 Å². The summed E-state index contributed by atoms with van der Waals surface area (Å²) in [5.41, 5.74) is 3.03. The number of sulfone groups is 1. The van der Waals surface area contributed by atoms with E-state index < -0.39 is 27.5 Å². The Kier molecular flexibility index (Phi) is 6.54. The number of aryl methyl sites for hydroxylation is 1. The maximum absolute atomic E-state index is 12.3. The number of ether oxygens (including phenoxy) is 1. The van der Waals surface area contributed by atoms with E-state index in [0.29, 0.717) is 22.4 Å². The van der Waals surface area contributed by atoms with Gasteiger partial charge in [-0.2, -0.15) is 5.26 Å². The van der Waals surface area contributed by atoms with Crippen LogP contribution in [0.3, 0.4) is 0 Å². The molecule has 0 heterocycles. The Morgan fingerprint density at radius 3 is 2.36 bits per heavy atom. The first-order valence-corrected chi connectivity index (χ1v) is 10.2. The first-order chi connectivity index (χ1) is 13.1. The van der Waals surface area contributed by atoms with Crippen molar-refractivity contribution in [2.45, 2.75) is 19.6 Å². The fourth-order valence-corrected chi connectivity index (χ4v) is 3.90. The van der Waals surface area contributed by atoms with Gasteiger partial charge in [0, 0.05) is 5.69 Å². The van der Waals surface area contributed by atoms with Gasteiger partial charge in [-0.3, -0.25) is 4.79 Å². The zero-order valence-electron chi connectivity index (χ0n) is 15.8. The van der Waals surface area contributed by atoms with Gasteiger partial charge in [0.1, 0.15) is 5.75 Å². The third-order valence-corrected chi connectivity index (χ3v) is 5.65. The van der Waals surface area contributed by atoms with Crippen molar-refractivity contribution >= 4 is 27.4 Å². The predicted molar refractivity (Wildman–Crippen MR) is 105 cm³/mol. The van der Waals surface area contributed by atoms with Crippen molar-refractivity contribution in [2.24, 2.45) is 0 Å². The number of anilines is 1. The van der Waals surface area contributed by atoms with Crippen molar-refractivity contribution < 1.29 is 22.7 Å². The molecule has 0 aromatic heterocycles. The van der Waals surface area contributed by atoms with E-state index in [4.69, 9.17) is 10.00 Å². The highest BCUT2D eigenvalue weighted by molar-refractivity contribution is 7.91. The van der Waals surface area contributed by atoms with Crippen LogP contribution in [0.1, 0.15) is 32.6 Å². The molecule has 8 heteroatoms. The Morgan fingerprint density at radius 1 is 1.14 bits per heavy atom. The largest absolute Gasteiger partial charge is 0.465 e. The summed E-state index contributed by atoms with van der Waals surface area (Å²) in [6, 6.07) is 11.2. The van der Waals surface area contributed by atoms with Crippen molar-refractivity contribution in [1.82, 2.24) is 0 Å². The number of amides is 1. The molecule has 0 aliphatic heterocycles. The number of esters is 1. The van der Waals surface area contributed by atoms with Crippen LogP contribution in [0.25, 0.3) is 0 Å². The van der Waals surface area contributed by atoms with Gasteiger partial charge in [0.05, 0.1) is 30.1 Å². The van der Waals surface area contributed by atoms with Crippen LogP contribution in [-0.4, -0.2) is 33.2 Å². The average Bonchev–Trinajstić information content (AvgIpc) is 2.63. The zero-order chi connectivity index (χ0) is 20.9. The highest BCUT2D eigenvalue weighted by atomic mass is 32.2. The van der Waals surface area contributed by atoms with Gasteiger partial charge in [-0.25, -0.2) is 13.2 Å². The van der Waals surface area contributed by atoms with Gasteiger partial charge in [-0.15, -0.1) is 0 Å². The van der Waals surface area contributed by atoms with Crippen LogP contribution in [0.5, 0.6) is 0 Å². The number of nitrogens with one attached hydrogen (secondary N) is 1. The molecule has 0 atom stereocenters. The van der Waals surface area contributed by atoms with Gasteiger partial charge in [0.25, 0.3) is 0 Å². The third-order valence-electron chi connectivity index (χ3n) is 4.18. The van der Waals surface area contributed by atoms with Crippen molar-refractivity contribution in [3.05, 3.63) is 64.2 Å². The summed E-state index contributed by atoms with van der Waals surface area (Å²) in [5.74, 6) is -2.25. The lowest BCUT2D eigenvalue weighted by molar-refractivity contribution is -0.113. The standard InChI is InChI=1S/C20H20N2O5S/c1-13-8-17(9-18(14(13)2)20(24)27-3)22-19(23)12-28(25,26)11-16-6-4-15(10-21)5-7-16/h4-9H,11-12H2,1-3H3,(H,22,23). The Labute approximate surface area is 163 Å². The number of benzene rings is 2. The zero-order valence-corrected chi connectivity index (χ0v) is 16.6. The second kappa shape index (κ2) is 8.67. The molecule has 28 heavy (non-hydrogen) atoms. The van der Waals surface area contributed by atoms with E-state index in [1.807, 2.05) is 6.07 Å². The van der Waals surface area contributed by atoms with E-state index in [1.54, 1.807) is 32.0 Å². The molecule has 2 aromatic rings. The van der Waals surface area contributed by atoms with Crippen LogP contribution in [0.15, 0.2) is 36.4 Å². The summed E-state index contributed by atoms with van der Waals surface area (Å²) in [6.45, 7) is 3.54. The van der Waals surface area contributed by atoms with Crippen molar-refractivity contribution in [3.63, 3.8) is 0 Å². The summed E-state index contributed by atoms with van der Waals surface area (Å²) in [6.07, 6.45) is 0. The first kappa shape index (κ1) is 21.1. The Hall–Kier alpha value is -3.18. The van der Waals surface area contributed by atoms with Crippen LogP contribution in [0, 0.1) is 25.2 Å². The molecule has 0 spiro atoms. The maximum atomic E-state index is 12.3. The molecule has 0 saturated carbocycles. The molecule has 1 N–H and O–H groups in total. The van der Waals surface area contributed by atoms with E-state index in [-0.39, 0.29) is 5.75 Å². The first-order valence-electron chi connectivity index (χ1n) is 8.34. The fraction of sp³-hybridized carbons (Fsp3) is 0.250. The average molecular weight is 400 g/mol. The molecule has 0 fully saturated rings. The maximum Gasteiger partial charge on any atom is 0.338 e. The Balaban J connectivity index is 2.11. The van der Waals surface area contributed by atoms with Gasteiger partial charge >= 0.3 is 5.97 Å². The van der Waals surface area contributed by atoms with Crippen LogP contribution >= 0.6 is 0 Å². The lowest BCUT2D eigenvalue weighted by Gasteiger charge is -2.12. The number of carbonyl (C=O) groups is 2. The van der Waals surface area contributed by atoms with E-state index in [1.165, 1.54) is 25.3 Å². The minimum Gasteiger partial charge on any atom is -0.465 e. The minimum absolute atomic E-state index is 0.304. The molecule has 0 bridgehead atoms. The van der Waals surface area contributed by atoms with E-state index >= 15 is 0 Å². The number of hydrogen-bond donors (Lipinski definition) is 1. The van der Waals surface area contributed by atoms with Crippen LogP contribution in [0.2, 0.25) is 0 Å². The monoisotopic (exact) mass is 400 g/mol. The number of rotatable bonds is 6. The van der Waals surface area contributed by atoms with Gasteiger partial charge in [-0.1, -0.05) is 12.1 Å². The molecule has 0 saturated heterocycles. The number of carbonyl (C=O) groups excluding carboxylic acids is 2. The summed E-state index contributed by atoms with van der Waals surface area (Å²) in [4.78, 5) is 24.1. The topological polar surface area (TPSA) is 113 Å². The van der Waals surface area contributed by atoms with Crippen LogP contribution in [-0.2, 0) is 25.1 Å². The van der Waals surface area contributed by atoms with E-state index in [0.717, 1.165) is 11.1 Å². The molecule has 0 aliphatic carbocycles. The van der Waals surface area contributed by atoms with Crippen molar-refractivity contribution in [3.8, 4) is 6.07 Å². The summed E-state index contributed by atoms with van der Waals surface area (Å²) in [5, 5.41) is 11.3. The molecule has 0 unspecified atom stereocenters. The molecule has 146 valence electrons. The van der Waals surface area contributed by atoms with Crippen LogP contribution < -0.4 is 5.32 Å². The second-order valence-corrected chi connectivity index (χ2v) is 8.41. The molecule has 1 amide bonds. The molecular weight excluding hydrogens is 380 g/mol. The summed E-state index contributed by atoms with van der Waals surface area (Å²) in [7, 11) is -2.45. The second-order valence-electron chi connectivity index (χ2n) is 6.35. The lowest BCUT2D eigenvalue weighted by atomic mass is 10.0. The lowest BCUT2D eigenvalue weighted by Crippen LogP contribution is -2.24. The highest BCUT2D eigenvalue weighted by Gasteiger charge is 2.19. The van der Waals surface area contributed by atoms with Gasteiger partial charge in [0.15, 0.2) is 9.84 Å². The van der Waals surface area contributed by atoms with Gasteiger partial charge in [-0.05, 0) is 54.8 Å². The molecule has 0 aliphatic rings. The Morgan fingerprint density at radius 2 is 1.79 bits per heavy atom. The summed E-state index contributed by atoms with van der Waals surface area (Å²) >= 11 is 0. The molecule has 2 rings (SSSR count). The fourth-order valence-electron chi connectivity index (χ4n) is 2.63. The molecular formula is C20H20N2O5S. The smallest absolute Gasteiger partial charge is 0.338 e. The SMILES string of the molecule is COC(=O)c1cc(NC(=O)CS(=O)(=O)Cc2ccc(C#N)cc2)cc(C)c1C. The van der Waals surface area contributed by atoms with Crippen molar-refractivity contribution in [1.29, 1.82) is 5.26 Å². The normalized spacial score (nSPS) is 10.8. The summed E-state index contributed by atoms with van der Waals surface area (Å²) < 4.78 is 29.3. The van der Waals surface area contributed by atoms with Crippen molar-refractivity contribution in [2.75, 3.05) is 18.2 Å². The number of hydrogen-bond acceptors (Lipinski definition) is 6. The van der Waals surface area contributed by atoms with Gasteiger partial charge in [0.2, 0.25) is 5.91 Å². The third kappa shape index (κ3) is 5.41. The predicted octanol–water partition coefficient (Wildman–Crippen LogP) is 2.52. The quantitative estimate of drug-likeness (QED) is 0.746. The number of nitriles is 1. The minimum atomic E-state index is -3.71. The number of methoxy groups -OCH3 is 1. The van der Waals surface area contributed by atoms with Gasteiger partial charge < -0.3 is 10.1 Å². The van der Waals surface area contributed by atoms with Crippen LogP contribution in [0.4, 0.5) is 5.69 Å². The molecule has 0 radical (unpaired) electrons. The highest BCUT2D eigenvalue weighted by Crippen LogP contribution is 2.21. The Bertz CT molecular complexity index is 1050.